The number of benzene rings is 1. The van der Waals surface area contributed by atoms with Gasteiger partial charge in [-0.1, -0.05) is 0 Å². The number of hydrogen-bond acceptors (Lipinski definition) is 5. The second-order valence-electron chi connectivity index (χ2n) is 5.25. The van der Waals surface area contributed by atoms with Gasteiger partial charge in [-0.2, -0.15) is 0 Å². The standard InChI is InChI=1S/C13H21N3O3/c1-13(2,3)15-8-7-14-11-6-5-10(16(17)18)9-12(11)19-4/h5-6,9,14-15H,7-8H2,1-4H3. The van der Waals surface area contributed by atoms with E-state index in [-0.39, 0.29) is 11.2 Å². The van der Waals surface area contributed by atoms with Gasteiger partial charge in [0.2, 0.25) is 0 Å². The van der Waals surface area contributed by atoms with E-state index >= 15 is 0 Å². The Balaban J connectivity index is 2.61. The van der Waals surface area contributed by atoms with Crippen molar-refractivity contribution in [3.8, 4) is 5.75 Å². The third-order valence-corrected chi connectivity index (χ3v) is 2.49. The highest BCUT2D eigenvalue weighted by atomic mass is 16.6. The highest BCUT2D eigenvalue weighted by Gasteiger charge is 2.11. The zero-order chi connectivity index (χ0) is 14.5. The Kier molecular flexibility index (Phi) is 5.11. The second-order valence-corrected chi connectivity index (χ2v) is 5.25. The Labute approximate surface area is 113 Å². The third kappa shape index (κ3) is 5.13. The van der Waals surface area contributed by atoms with Crippen LogP contribution in [0.25, 0.3) is 0 Å². The number of rotatable bonds is 6. The lowest BCUT2D eigenvalue weighted by atomic mass is 10.1. The summed E-state index contributed by atoms with van der Waals surface area (Å²) >= 11 is 0. The first-order chi connectivity index (χ1) is 8.83. The van der Waals surface area contributed by atoms with Crippen LogP contribution in [0.5, 0.6) is 5.75 Å². The zero-order valence-electron chi connectivity index (χ0n) is 11.8. The molecule has 0 saturated heterocycles. The van der Waals surface area contributed by atoms with Crippen molar-refractivity contribution in [1.82, 2.24) is 5.32 Å². The molecule has 0 bridgehead atoms. The minimum atomic E-state index is -0.437. The average molecular weight is 267 g/mol. The van der Waals surface area contributed by atoms with Crippen LogP contribution in [0, 0.1) is 10.1 Å². The molecule has 0 radical (unpaired) electrons. The lowest BCUT2D eigenvalue weighted by Crippen LogP contribution is -2.38. The monoisotopic (exact) mass is 267 g/mol. The summed E-state index contributed by atoms with van der Waals surface area (Å²) in [5, 5.41) is 17.2. The lowest BCUT2D eigenvalue weighted by Gasteiger charge is -2.21. The smallest absolute Gasteiger partial charge is 0.273 e. The van der Waals surface area contributed by atoms with Crippen molar-refractivity contribution in [3.63, 3.8) is 0 Å². The quantitative estimate of drug-likeness (QED) is 0.470. The van der Waals surface area contributed by atoms with Crippen LogP contribution < -0.4 is 15.4 Å². The number of nitro benzene ring substituents is 1. The van der Waals surface area contributed by atoms with Crippen LogP contribution >= 0.6 is 0 Å². The van der Waals surface area contributed by atoms with E-state index in [9.17, 15) is 10.1 Å². The molecule has 6 nitrogen and oxygen atoms in total. The van der Waals surface area contributed by atoms with E-state index in [1.807, 2.05) is 0 Å². The fraction of sp³-hybridized carbons (Fsp3) is 0.538. The zero-order valence-corrected chi connectivity index (χ0v) is 11.8. The van der Waals surface area contributed by atoms with Gasteiger partial charge in [-0.05, 0) is 26.8 Å². The summed E-state index contributed by atoms with van der Waals surface area (Å²) in [5.41, 5.74) is 0.848. The Hall–Kier alpha value is -1.82. The number of hydrogen-bond donors (Lipinski definition) is 2. The fourth-order valence-electron chi connectivity index (χ4n) is 1.57. The van der Waals surface area contributed by atoms with E-state index in [1.165, 1.54) is 19.2 Å². The van der Waals surface area contributed by atoms with E-state index < -0.39 is 4.92 Å². The molecule has 0 aromatic heterocycles. The van der Waals surface area contributed by atoms with Crippen molar-refractivity contribution in [3.05, 3.63) is 28.3 Å². The second kappa shape index (κ2) is 6.38. The van der Waals surface area contributed by atoms with Crippen molar-refractivity contribution in [2.45, 2.75) is 26.3 Å². The minimum Gasteiger partial charge on any atom is -0.494 e. The van der Waals surface area contributed by atoms with Crippen LogP contribution in [0.1, 0.15) is 20.8 Å². The number of anilines is 1. The van der Waals surface area contributed by atoms with Crippen LogP contribution in [0.4, 0.5) is 11.4 Å². The van der Waals surface area contributed by atoms with Crippen molar-refractivity contribution in [2.75, 3.05) is 25.5 Å². The topological polar surface area (TPSA) is 76.4 Å². The molecule has 0 atom stereocenters. The number of nitro groups is 1. The molecular weight excluding hydrogens is 246 g/mol. The summed E-state index contributed by atoms with van der Waals surface area (Å²) in [6.07, 6.45) is 0. The van der Waals surface area contributed by atoms with Gasteiger partial charge in [-0.25, -0.2) is 0 Å². The maximum absolute atomic E-state index is 10.7. The molecule has 0 aliphatic heterocycles. The van der Waals surface area contributed by atoms with E-state index in [1.54, 1.807) is 6.07 Å². The molecule has 0 fully saturated rings. The highest BCUT2D eigenvalue weighted by molar-refractivity contribution is 5.60. The molecular formula is C13H21N3O3. The molecule has 19 heavy (non-hydrogen) atoms. The molecule has 106 valence electrons. The van der Waals surface area contributed by atoms with Gasteiger partial charge in [0, 0.05) is 24.7 Å². The van der Waals surface area contributed by atoms with Crippen LogP contribution in [0.15, 0.2) is 18.2 Å². The Morgan fingerprint density at radius 1 is 1.32 bits per heavy atom. The summed E-state index contributed by atoms with van der Waals surface area (Å²) in [4.78, 5) is 10.2. The Bertz CT molecular complexity index is 441. The third-order valence-electron chi connectivity index (χ3n) is 2.49. The summed E-state index contributed by atoms with van der Waals surface area (Å²) in [6.45, 7) is 7.80. The maximum Gasteiger partial charge on any atom is 0.273 e. The van der Waals surface area contributed by atoms with Gasteiger partial charge in [0.05, 0.1) is 23.8 Å². The van der Waals surface area contributed by atoms with Crippen molar-refractivity contribution >= 4 is 11.4 Å². The predicted molar refractivity (Wildman–Crippen MR) is 75.9 cm³/mol. The molecule has 0 amide bonds. The largest absolute Gasteiger partial charge is 0.494 e. The fourth-order valence-corrected chi connectivity index (χ4v) is 1.57. The van der Waals surface area contributed by atoms with Crippen LogP contribution in [0.2, 0.25) is 0 Å². The first-order valence-corrected chi connectivity index (χ1v) is 6.15. The van der Waals surface area contributed by atoms with Gasteiger partial charge in [0.15, 0.2) is 0 Å². The van der Waals surface area contributed by atoms with Gasteiger partial charge < -0.3 is 15.4 Å². The van der Waals surface area contributed by atoms with E-state index in [0.717, 1.165) is 12.2 Å². The molecule has 6 heteroatoms. The molecule has 0 aliphatic carbocycles. The van der Waals surface area contributed by atoms with Crippen LogP contribution in [-0.4, -0.2) is 30.7 Å². The van der Waals surface area contributed by atoms with Gasteiger partial charge >= 0.3 is 0 Å². The molecule has 1 aromatic carbocycles. The molecule has 1 aromatic rings. The van der Waals surface area contributed by atoms with E-state index in [0.29, 0.717) is 12.3 Å². The molecule has 0 spiro atoms. The molecule has 0 aliphatic rings. The van der Waals surface area contributed by atoms with E-state index in [2.05, 4.69) is 31.4 Å². The molecule has 0 unspecified atom stereocenters. The number of non-ortho nitro benzene ring substituents is 1. The predicted octanol–water partition coefficient (Wildman–Crippen LogP) is 2.40. The van der Waals surface area contributed by atoms with Gasteiger partial charge in [-0.15, -0.1) is 0 Å². The summed E-state index contributed by atoms with van der Waals surface area (Å²) < 4.78 is 5.15. The number of methoxy groups -OCH3 is 1. The highest BCUT2D eigenvalue weighted by Crippen LogP contribution is 2.28. The Morgan fingerprint density at radius 3 is 2.53 bits per heavy atom. The van der Waals surface area contributed by atoms with Crippen molar-refractivity contribution in [1.29, 1.82) is 0 Å². The maximum atomic E-state index is 10.7. The first-order valence-electron chi connectivity index (χ1n) is 6.15. The van der Waals surface area contributed by atoms with Gasteiger partial charge in [0.25, 0.3) is 5.69 Å². The minimum absolute atomic E-state index is 0.0233. The Morgan fingerprint density at radius 2 is 2.00 bits per heavy atom. The molecule has 0 heterocycles. The number of ether oxygens (including phenoxy) is 1. The van der Waals surface area contributed by atoms with Crippen molar-refractivity contribution in [2.24, 2.45) is 0 Å². The summed E-state index contributed by atoms with van der Waals surface area (Å²) in [5.74, 6) is 0.477. The summed E-state index contributed by atoms with van der Waals surface area (Å²) in [6, 6.07) is 4.54. The van der Waals surface area contributed by atoms with Crippen LogP contribution in [0.3, 0.4) is 0 Å². The lowest BCUT2D eigenvalue weighted by molar-refractivity contribution is -0.384. The van der Waals surface area contributed by atoms with E-state index in [4.69, 9.17) is 4.74 Å². The van der Waals surface area contributed by atoms with Gasteiger partial charge in [0.1, 0.15) is 5.75 Å². The molecule has 1 rings (SSSR count). The molecule has 0 saturated carbocycles. The first kappa shape index (κ1) is 15.2. The number of nitrogens with one attached hydrogen (secondary N) is 2. The average Bonchev–Trinajstić information content (AvgIpc) is 2.33. The van der Waals surface area contributed by atoms with Gasteiger partial charge in [-0.3, -0.25) is 10.1 Å². The van der Waals surface area contributed by atoms with Crippen molar-refractivity contribution < 1.29 is 9.66 Å². The molecule has 2 N–H and O–H groups in total. The normalized spacial score (nSPS) is 11.2. The number of nitrogens with zero attached hydrogens (tertiary/aromatic N) is 1. The van der Waals surface area contributed by atoms with Crippen LogP contribution in [-0.2, 0) is 0 Å². The SMILES string of the molecule is COc1cc([N+](=O)[O-])ccc1NCCNC(C)(C)C. The summed E-state index contributed by atoms with van der Waals surface area (Å²) in [7, 11) is 1.50.